The minimum absolute atomic E-state index is 0.222. The van der Waals surface area contributed by atoms with Crippen molar-refractivity contribution >= 4 is 11.7 Å². The topological polar surface area (TPSA) is 103 Å². The Morgan fingerprint density at radius 2 is 1.82 bits per heavy atom. The van der Waals surface area contributed by atoms with Gasteiger partial charge in [0.2, 0.25) is 0 Å². The molecule has 2 aliphatic rings. The SMILES string of the molecule is O=C(c1ccc(OC(F)(F)F)cc1)N1CCC(N2CCOc3nc([N+](=O)[O-])cn3CC2)CC1. The number of aromatic nitrogens is 2. The Balaban J connectivity index is 1.31. The monoisotopic (exact) mass is 469 g/mol. The summed E-state index contributed by atoms with van der Waals surface area (Å²) in [5, 5.41) is 10.9. The zero-order valence-corrected chi connectivity index (χ0v) is 17.5. The number of imidazole rings is 1. The number of hydrogen-bond acceptors (Lipinski definition) is 7. The molecule has 1 aromatic carbocycles. The summed E-state index contributed by atoms with van der Waals surface area (Å²) in [7, 11) is 0. The number of alkyl halides is 3. The summed E-state index contributed by atoms with van der Waals surface area (Å²) in [6, 6.07) is 5.37. The van der Waals surface area contributed by atoms with E-state index in [-0.39, 0.29) is 29.5 Å². The van der Waals surface area contributed by atoms with Gasteiger partial charge in [-0.15, -0.1) is 13.2 Å². The van der Waals surface area contributed by atoms with Crippen LogP contribution in [0.5, 0.6) is 11.8 Å². The number of carbonyl (C=O) groups is 1. The molecule has 2 aliphatic heterocycles. The van der Waals surface area contributed by atoms with Crippen LogP contribution in [-0.4, -0.2) is 75.4 Å². The van der Waals surface area contributed by atoms with E-state index in [4.69, 9.17) is 4.74 Å². The van der Waals surface area contributed by atoms with E-state index >= 15 is 0 Å². The van der Waals surface area contributed by atoms with Gasteiger partial charge in [-0.05, 0) is 42.0 Å². The van der Waals surface area contributed by atoms with E-state index in [1.54, 1.807) is 9.47 Å². The molecule has 33 heavy (non-hydrogen) atoms. The molecule has 10 nitrogen and oxygen atoms in total. The van der Waals surface area contributed by atoms with E-state index in [1.807, 2.05) is 0 Å². The maximum absolute atomic E-state index is 12.7. The molecule has 13 heteroatoms. The molecule has 0 saturated carbocycles. The third kappa shape index (κ3) is 5.53. The van der Waals surface area contributed by atoms with Crippen molar-refractivity contribution in [1.29, 1.82) is 0 Å². The van der Waals surface area contributed by atoms with Crippen molar-refractivity contribution < 1.29 is 32.4 Å². The Labute approximate surface area is 186 Å². The van der Waals surface area contributed by atoms with Crippen LogP contribution < -0.4 is 9.47 Å². The fraction of sp³-hybridized carbons (Fsp3) is 0.500. The molecule has 1 saturated heterocycles. The highest BCUT2D eigenvalue weighted by molar-refractivity contribution is 5.94. The number of benzene rings is 1. The second kappa shape index (κ2) is 9.25. The number of likely N-dealkylation sites (tertiary alicyclic amines) is 1. The molecule has 0 unspecified atom stereocenters. The predicted molar refractivity (Wildman–Crippen MR) is 108 cm³/mol. The van der Waals surface area contributed by atoms with Gasteiger partial charge in [0.25, 0.3) is 5.91 Å². The van der Waals surface area contributed by atoms with Crippen LogP contribution in [0.15, 0.2) is 30.5 Å². The maximum Gasteiger partial charge on any atom is 0.573 e. The second-order valence-corrected chi connectivity index (χ2v) is 7.81. The van der Waals surface area contributed by atoms with Gasteiger partial charge in [0.05, 0.1) is 0 Å². The molecule has 0 radical (unpaired) electrons. The molecule has 0 N–H and O–H groups in total. The number of fused-ring (bicyclic) bond motifs is 1. The number of nitro groups is 1. The first-order valence-electron chi connectivity index (χ1n) is 10.4. The van der Waals surface area contributed by atoms with Crippen LogP contribution in [0.25, 0.3) is 0 Å². The van der Waals surface area contributed by atoms with Crippen molar-refractivity contribution in [3.63, 3.8) is 0 Å². The quantitative estimate of drug-likeness (QED) is 0.501. The molecule has 1 aromatic heterocycles. The smallest absolute Gasteiger partial charge is 0.444 e. The average molecular weight is 469 g/mol. The van der Waals surface area contributed by atoms with Gasteiger partial charge in [-0.1, -0.05) is 0 Å². The summed E-state index contributed by atoms with van der Waals surface area (Å²) in [5.41, 5.74) is 0.303. The minimum Gasteiger partial charge on any atom is -0.444 e. The molecule has 178 valence electrons. The van der Waals surface area contributed by atoms with Crippen LogP contribution in [0, 0.1) is 10.1 Å². The number of rotatable bonds is 4. The van der Waals surface area contributed by atoms with E-state index in [0.717, 1.165) is 25.0 Å². The lowest BCUT2D eigenvalue weighted by molar-refractivity contribution is -0.389. The van der Waals surface area contributed by atoms with E-state index in [1.165, 1.54) is 18.3 Å². The lowest BCUT2D eigenvalue weighted by atomic mass is 10.0. The lowest BCUT2D eigenvalue weighted by Crippen LogP contribution is -2.49. The molecule has 4 rings (SSSR count). The Morgan fingerprint density at radius 1 is 1.12 bits per heavy atom. The lowest BCUT2D eigenvalue weighted by Gasteiger charge is -2.39. The van der Waals surface area contributed by atoms with E-state index in [9.17, 15) is 28.1 Å². The van der Waals surface area contributed by atoms with Crippen LogP contribution >= 0.6 is 0 Å². The Bertz CT molecular complexity index is 1000. The summed E-state index contributed by atoms with van der Waals surface area (Å²) >= 11 is 0. The van der Waals surface area contributed by atoms with Crippen LogP contribution in [0.3, 0.4) is 0 Å². The van der Waals surface area contributed by atoms with Gasteiger partial charge in [0.1, 0.15) is 18.6 Å². The summed E-state index contributed by atoms with van der Waals surface area (Å²) < 4.78 is 48.0. The molecule has 0 atom stereocenters. The summed E-state index contributed by atoms with van der Waals surface area (Å²) in [6.45, 7) is 3.19. The summed E-state index contributed by atoms with van der Waals surface area (Å²) in [4.78, 5) is 31.0. The third-order valence-corrected chi connectivity index (χ3v) is 5.75. The van der Waals surface area contributed by atoms with Crippen molar-refractivity contribution in [1.82, 2.24) is 19.4 Å². The van der Waals surface area contributed by atoms with Crippen molar-refractivity contribution in [2.45, 2.75) is 31.8 Å². The van der Waals surface area contributed by atoms with Gasteiger partial charge in [-0.2, -0.15) is 0 Å². The number of nitrogens with zero attached hydrogens (tertiary/aromatic N) is 5. The Kier molecular flexibility index (Phi) is 6.40. The number of amides is 1. The first kappa shape index (κ1) is 22.8. The van der Waals surface area contributed by atoms with Crippen molar-refractivity contribution in [2.75, 3.05) is 32.8 Å². The van der Waals surface area contributed by atoms with Crippen molar-refractivity contribution in [3.8, 4) is 11.8 Å². The standard InChI is InChI=1S/C20H22F3N5O5/c21-20(22,23)33-16-3-1-14(2-4-16)18(29)26-7-5-15(6-8-26)25-9-10-27-13-17(28(30)31)24-19(27)32-12-11-25/h1-4,13,15H,5-12H2. The number of hydrogen-bond donors (Lipinski definition) is 0. The molecule has 1 fully saturated rings. The number of piperidine rings is 1. The highest BCUT2D eigenvalue weighted by atomic mass is 19.4. The molecule has 3 heterocycles. The van der Waals surface area contributed by atoms with E-state index in [2.05, 4.69) is 14.6 Å². The zero-order valence-electron chi connectivity index (χ0n) is 17.5. The second-order valence-electron chi connectivity index (χ2n) is 7.81. The number of ether oxygens (including phenoxy) is 2. The molecule has 2 aromatic rings. The van der Waals surface area contributed by atoms with Gasteiger partial charge in [0, 0.05) is 49.3 Å². The van der Waals surface area contributed by atoms with Crippen LogP contribution in [-0.2, 0) is 6.54 Å². The summed E-state index contributed by atoms with van der Waals surface area (Å²) in [6.07, 6.45) is -1.94. The highest BCUT2D eigenvalue weighted by Crippen LogP contribution is 2.25. The number of halogens is 3. The molecular weight excluding hydrogens is 447 g/mol. The van der Waals surface area contributed by atoms with Gasteiger partial charge in [0.15, 0.2) is 0 Å². The summed E-state index contributed by atoms with van der Waals surface area (Å²) in [5.74, 6) is -0.856. The van der Waals surface area contributed by atoms with Crippen molar-refractivity contribution in [2.24, 2.45) is 0 Å². The van der Waals surface area contributed by atoms with E-state index in [0.29, 0.717) is 44.9 Å². The predicted octanol–water partition coefficient (Wildman–Crippen LogP) is 2.69. The molecule has 0 bridgehead atoms. The third-order valence-electron chi connectivity index (χ3n) is 5.75. The molecule has 0 spiro atoms. The average Bonchev–Trinajstić information content (AvgIpc) is 3.15. The van der Waals surface area contributed by atoms with Crippen LogP contribution in [0.2, 0.25) is 0 Å². The van der Waals surface area contributed by atoms with Gasteiger partial charge in [-0.3, -0.25) is 14.3 Å². The van der Waals surface area contributed by atoms with Gasteiger partial charge >= 0.3 is 18.2 Å². The maximum atomic E-state index is 12.7. The zero-order chi connectivity index (χ0) is 23.6. The van der Waals surface area contributed by atoms with Gasteiger partial charge in [-0.25, -0.2) is 0 Å². The first-order valence-corrected chi connectivity index (χ1v) is 10.4. The van der Waals surface area contributed by atoms with Crippen LogP contribution in [0.4, 0.5) is 19.0 Å². The fourth-order valence-corrected chi connectivity index (χ4v) is 4.13. The fourth-order valence-electron chi connectivity index (χ4n) is 4.13. The van der Waals surface area contributed by atoms with E-state index < -0.39 is 11.3 Å². The molecule has 0 aliphatic carbocycles. The first-order chi connectivity index (χ1) is 15.7. The molecule has 1 amide bonds. The van der Waals surface area contributed by atoms with Crippen LogP contribution in [0.1, 0.15) is 23.2 Å². The minimum atomic E-state index is -4.78. The molecular formula is C20H22F3N5O5. The Morgan fingerprint density at radius 3 is 2.45 bits per heavy atom. The van der Waals surface area contributed by atoms with Gasteiger partial charge < -0.3 is 24.5 Å². The highest BCUT2D eigenvalue weighted by Gasteiger charge is 2.32. The largest absolute Gasteiger partial charge is 0.573 e. The Hall–Kier alpha value is -3.35. The normalized spacial score (nSPS) is 18.1. The van der Waals surface area contributed by atoms with Crippen molar-refractivity contribution in [3.05, 3.63) is 46.1 Å². The number of carbonyl (C=O) groups excluding carboxylic acids is 1.